The van der Waals surface area contributed by atoms with Crippen LogP contribution < -0.4 is 4.90 Å². The van der Waals surface area contributed by atoms with E-state index in [2.05, 4.69) is 56.5 Å². The van der Waals surface area contributed by atoms with Gasteiger partial charge in [-0.3, -0.25) is 0 Å². The standard InChI is InChI=1S/C17H27N/c1-5-18(16-12-8-6-9-13-16)15-11-7-10-14-17(2,3)4/h5-6,8-9,12-13H,1,7,10-11,14-15H2,2-4H3. The van der Waals surface area contributed by atoms with Gasteiger partial charge < -0.3 is 4.90 Å². The lowest BCUT2D eigenvalue weighted by molar-refractivity contribution is 0.358. The number of hydrogen-bond acceptors (Lipinski definition) is 1. The van der Waals surface area contributed by atoms with Gasteiger partial charge in [0.15, 0.2) is 0 Å². The molecule has 0 fully saturated rings. The monoisotopic (exact) mass is 245 g/mol. The van der Waals surface area contributed by atoms with E-state index >= 15 is 0 Å². The Kier molecular flexibility index (Phi) is 5.97. The van der Waals surface area contributed by atoms with Crippen molar-refractivity contribution in [3.05, 3.63) is 43.1 Å². The number of hydrogen-bond donors (Lipinski definition) is 0. The van der Waals surface area contributed by atoms with E-state index in [9.17, 15) is 0 Å². The van der Waals surface area contributed by atoms with Crippen LogP contribution in [-0.4, -0.2) is 6.54 Å². The van der Waals surface area contributed by atoms with Crippen LogP contribution in [0.4, 0.5) is 5.69 Å². The zero-order valence-electron chi connectivity index (χ0n) is 12.2. The number of unbranched alkanes of at least 4 members (excludes halogenated alkanes) is 2. The Hall–Kier alpha value is -1.24. The summed E-state index contributed by atoms with van der Waals surface area (Å²) in [6.07, 6.45) is 7.10. The maximum Gasteiger partial charge on any atom is 0.0405 e. The van der Waals surface area contributed by atoms with Crippen LogP contribution in [0.5, 0.6) is 0 Å². The fourth-order valence-corrected chi connectivity index (χ4v) is 2.06. The molecule has 0 aliphatic rings. The highest BCUT2D eigenvalue weighted by molar-refractivity contribution is 5.48. The summed E-state index contributed by atoms with van der Waals surface area (Å²) in [5.41, 5.74) is 1.71. The third-order valence-corrected chi connectivity index (χ3v) is 3.13. The molecular weight excluding hydrogens is 218 g/mol. The van der Waals surface area contributed by atoms with Crippen molar-refractivity contribution in [1.29, 1.82) is 0 Å². The third kappa shape index (κ3) is 5.90. The van der Waals surface area contributed by atoms with Crippen molar-refractivity contribution >= 4 is 5.69 Å². The molecule has 100 valence electrons. The van der Waals surface area contributed by atoms with Crippen LogP contribution >= 0.6 is 0 Å². The van der Waals surface area contributed by atoms with Gasteiger partial charge in [0.25, 0.3) is 0 Å². The molecule has 1 aromatic carbocycles. The maximum absolute atomic E-state index is 3.90. The van der Waals surface area contributed by atoms with Crippen molar-refractivity contribution in [2.75, 3.05) is 11.4 Å². The summed E-state index contributed by atoms with van der Waals surface area (Å²) < 4.78 is 0. The Morgan fingerprint density at radius 2 is 1.72 bits per heavy atom. The van der Waals surface area contributed by atoms with Crippen molar-refractivity contribution in [3.63, 3.8) is 0 Å². The summed E-state index contributed by atoms with van der Waals surface area (Å²) in [5.74, 6) is 0. The lowest BCUT2D eigenvalue weighted by Gasteiger charge is -2.21. The average molecular weight is 245 g/mol. The first-order valence-corrected chi connectivity index (χ1v) is 6.97. The van der Waals surface area contributed by atoms with E-state index in [-0.39, 0.29) is 0 Å². The predicted molar refractivity (Wildman–Crippen MR) is 81.9 cm³/mol. The molecule has 0 saturated heterocycles. The minimum Gasteiger partial charge on any atom is -0.349 e. The molecule has 0 N–H and O–H groups in total. The highest BCUT2D eigenvalue weighted by atomic mass is 15.1. The second-order valence-corrected chi connectivity index (χ2v) is 6.08. The number of para-hydroxylation sites is 1. The van der Waals surface area contributed by atoms with E-state index < -0.39 is 0 Å². The van der Waals surface area contributed by atoms with Gasteiger partial charge in [-0.1, -0.05) is 58.4 Å². The highest BCUT2D eigenvalue weighted by Crippen LogP contribution is 2.22. The van der Waals surface area contributed by atoms with E-state index in [0.717, 1.165) is 6.54 Å². The van der Waals surface area contributed by atoms with E-state index in [1.165, 1.54) is 31.4 Å². The van der Waals surface area contributed by atoms with Crippen molar-refractivity contribution in [2.45, 2.75) is 46.5 Å². The quantitative estimate of drug-likeness (QED) is 0.593. The Morgan fingerprint density at radius 3 is 2.28 bits per heavy atom. The zero-order valence-corrected chi connectivity index (χ0v) is 12.2. The van der Waals surface area contributed by atoms with Gasteiger partial charge in [0, 0.05) is 12.2 Å². The van der Waals surface area contributed by atoms with Gasteiger partial charge in [0.2, 0.25) is 0 Å². The summed E-state index contributed by atoms with van der Waals surface area (Å²) in [7, 11) is 0. The van der Waals surface area contributed by atoms with Crippen LogP contribution in [0.15, 0.2) is 43.1 Å². The lowest BCUT2D eigenvalue weighted by Crippen LogP contribution is -2.16. The fraction of sp³-hybridized carbons (Fsp3) is 0.529. The second kappa shape index (κ2) is 7.25. The lowest BCUT2D eigenvalue weighted by atomic mass is 9.89. The summed E-state index contributed by atoms with van der Waals surface area (Å²) >= 11 is 0. The molecule has 0 bridgehead atoms. The van der Waals surface area contributed by atoms with Crippen molar-refractivity contribution in [3.8, 4) is 0 Å². The molecule has 0 heterocycles. The van der Waals surface area contributed by atoms with Crippen molar-refractivity contribution in [2.24, 2.45) is 5.41 Å². The summed E-state index contributed by atoms with van der Waals surface area (Å²) in [5, 5.41) is 0. The molecule has 18 heavy (non-hydrogen) atoms. The number of benzene rings is 1. The van der Waals surface area contributed by atoms with Crippen LogP contribution in [0.1, 0.15) is 46.5 Å². The molecule has 0 aliphatic carbocycles. The van der Waals surface area contributed by atoms with E-state index in [1.54, 1.807) is 0 Å². The molecule has 1 heteroatoms. The summed E-state index contributed by atoms with van der Waals surface area (Å²) in [6.45, 7) is 11.9. The second-order valence-electron chi connectivity index (χ2n) is 6.08. The first-order valence-electron chi connectivity index (χ1n) is 6.97. The Balaban J connectivity index is 2.27. The average Bonchev–Trinajstić information content (AvgIpc) is 2.33. The van der Waals surface area contributed by atoms with Crippen molar-refractivity contribution in [1.82, 2.24) is 0 Å². The third-order valence-electron chi connectivity index (χ3n) is 3.13. The Bertz CT molecular complexity index is 334. The Labute approximate surface area is 113 Å². The van der Waals surface area contributed by atoms with Gasteiger partial charge in [0.1, 0.15) is 0 Å². The van der Waals surface area contributed by atoms with E-state index in [1.807, 2.05) is 12.3 Å². The molecular formula is C17H27N. The van der Waals surface area contributed by atoms with Crippen LogP contribution in [0, 0.1) is 5.41 Å². The number of anilines is 1. The molecule has 0 aromatic heterocycles. The largest absolute Gasteiger partial charge is 0.349 e. The molecule has 0 unspecified atom stereocenters. The van der Waals surface area contributed by atoms with Gasteiger partial charge in [-0.2, -0.15) is 0 Å². The first-order chi connectivity index (χ1) is 8.53. The molecule has 1 aromatic rings. The van der Waals surface area contributed by atoms with Gasteiger partial charge in [-0.05, 0) is 36.6 Å². The van der Waals surface area contributed by atoms with E-state index in [4.69, 9.17) is 0 Å². The maximum atomic E-state index is 3.90. The SMILES string of the molecule is C=CN(CCCCCC(C)(C)C)c1ccccc1. The zero-order chi connectivity index (χ0) is 13.4. The molecule has 0 amide bonds. The highest BCUT2D eigenvalue weighted by Gasteiger charge is 2.09. The molecule has 0 spiro atoms. The van der Waals surface area contributed by atoms with Gasteiger partial charge in [-0.15, -0.1) is 0 Å². The van der Waals surface area contributed by atoms with Crippen molar-refractivity contribution < 1.29 is 0 Å². The summed E-state index contributed by atoms with van der Waals surface area (Å²) in [4.78, 5) is 2.23. The molecule has 1 rings (SSSR count). The summed E-state index contributed by atoms with van der Waals surface area (Å²) in [6, 6.07) is 10.5. The fourth-order valence-electron chi connectivity index (χ4n) is 2.06. The molecule has 0 radical (unpaired) electrons. The number of nitrogens with zero attached hydrogens (tertiary/aromatic N) is 1. The van der Waals surface area contributed by atoms with E-state index in [0.29, 0.717) is 5.41 Å². The van der Waals surface area contributed by atoms with Crippen LogP contribution in [0.2, 0.25) is 0 Å². The Morgan fingerprint density at radius 1 is 1.06 bits per heavy atom. The molecule has 0 saturated carbocycles. The van der Waals surface area contributed by atoms with Crippen LogP contribution in [0.25, 0.3) is 0 Å². The molecule has 1 nitrogen and oxygen atoms in total. The molecule has 0 atom stereocenters. The first kappa shape index (κ1) is 14.8. The van der Waals surface area contributed by atoms with Gasteiger partial charge in [-0.25, -0.2) is 0 Å². The predicted octanol–water partition coefficient (Wildman–Crippen LogP) is 5.24. The van der Waals surface area contributed by atoms with Crippen LogP contribution in [-0.2, 0) is 0 Å². The normalized spacial score (nSPS) is 11.3. The van der Waals surface area contributed by atoms with Gasteiger partial charge >= 0.3 is 0 Å². The van der Waals surface area contributed by atoms with Crippen LogP contribution in [0.3, 0.4) is 0 Å². The minimum atomic E-state index is 0.470. The smallest absolute Gasteiger partial charge is 0.0405 e. The minimum absolute atomic E-state index is 0.470. The number of rotatable bonds is 7. The molecule has 0 aliphatic heterocycles. The topological polar surface area (TPSA) is 3.24 Å². The van der Waals surface area contributed by atoms with Gasteiger partial charge in [0.05, 0.1) is 0 Å².